The molecule has 0 spiro atoms. The summed E-state index contributed by atoms with van der Waals surface area (Å²) in [5.74, 6) is -3.11. The van der Waals surface area contributed by atoms with Crippen LogP contribution in [0.3, 0.4) is 0 Å². The van der Waals surface area contributed by atoms with Gasteiger partial charge in [0.25, 0.3) is 11.7 Å². The zero-order valence-corrected chi connectivity index (χ0v) is 14.7. The van der Waals surface area contributed by atoms with Crippen molar-refractivity contribution in [1.82, 2.24) is 9.97 Å². The summed E-state index contributed by atoms with van der Waals surface area (Å²) in [5, 5.41) is 5.65. The monoisotopic (exact) mass is 377 g/mol. The van der Waals surface area contributed by atoms with Crippen LogP contribution in [0.1, 0.15) is 15.4 Å². The number of carbonyl (C=O) groups excluding carboxylic acids is 1. The van der Waals surface area contributed by atoms with Crippen LogP contribution in [0.4, 0.5) is 14.5 Å². The van der Waals surface area contributed by atoms with Crippen LogP contribution in [0, 0.1) is 6.92 Å². The molecule has 0 aliphatic rings. The molecule has 0 saturated heterocycles. The van der Waals surface area contributed by atoms with Crippen LogP contribution < -0.4 is 5.32 Å². The van der Waals surface area contributed by atoms with Gasteiger partial charge in [-0.15, -0.1) is 11.3 Å². The second kappa shape index (κ2) is 7.71. The van der Waals surface area contributed by atoms with E-state index in [9.17, 15) is 13.6 Å². The molecule has 2 heterocycles. The molecule has 0 saturated carbocycles. The summed E-state index contributed by atoms with van der Waals surface area (Å²) in [6.07, 6.45) is 1.38. The number of thiazole rings is 1. The number of carbonyl (C=O) groups is 1. The first-order valence-corrected chi connectivity index (χ1v) is 9.02. The first kappa shape index (κ1) is 17.5. The normalized spacial score (nSPS) is 10.9. The summed E-state index contributed by atoms with van der Waals surface area (Å²) < 4.78 is 25.2. The molecule has 3 rings (SSSR count). The molecule has 3 aromatic rings. The quantitative estimate of drug-likeness (QED) is 0.630. The maximum Gasteiger partial charge on any atom is 0.290 e. The van der Waals surface area contributed by atoms with Crippen LogP contribution in [-0.2, 0) is 0 Å². The van der Waals surface area contributed by atoms with E-state index in [1.807, 2.05) is 24.4 Å². The summed E-state index contributed by atoms with van der Waals surface area (Å²) in [7, 11) is 0. The number of anilines is 1. The highest BCUT2D eigenvalue weighted by Crippen LogP contribution is 2.27. The Hall–Kier alpha value is -2.32. The second-order valence-corrected chi connectivity index (χ2v) is 7.06. The Morgan fingerprint density at radius 3 is 2.64 bits per heavy atom. The smallest absolute Gasteiger partial charge is 0.290 e. The maximum atomic E-state index is 12.6. The number of benzene rings is 1. The molecule has 2 aromatic heterocycles. The molecule has 0 fully saturated rings. The van der Waals surface area contributed by atoms with Crippen molar-refractivity contribution in [3.05, 3.63) is 58.5 Å². The summed E-state index contributed by atoms with van der Waals surface area (Å²) >= 11 is 1.82. The van der Waals surface area contributed by atoms with Crippen LogP contribution in [0.15, 0.2) is 53.0 Å². The number of amides is 1. The number of hydrogen-bond donors (Lipinski definition) is 1. The van der Waals surface area contributed by atoms with Crippen molar-refractivity contribution in [2.75, 3.05) is 5.32 Å². The molecular formula is C17H13F2N3OS2. The summed E-state index contributed by atoms with van der Waals surface area (Å²) in [4.78, 5) is 20.6. The average Bonchev–Trinajstić information content (AvgIpc) is 3.02. The van der Waals surface area contributed by atoms with E-state index in [2.05, 4.69) is 15.3 Å². The molecule has 0 bridgehead atoms. The van der Waals surface area contributed by atoms with Gasteiger partial charge in [-0.3, -0.25) is 4.79 Å². The van der Waals surface area contributed by atoms with Gasteiger partial charge in [-0.1, -0.05) is 12.1 Å². The van der Waals surface area contributed by atoms with Crippen molar-refractivity contribution in [2.24, 2.45) is 0 Å². The third-order valence-corrected chi connectivity index (χ3v) is 4.77. The zero-order valence-electron chi connectivity index (χ0n) is 13.1. The fourth-order valence-corrected chi connectivity index (χ4v) is 3.36. The van der Waals surface area contributed by atoms with Gasteiger partial charge in [0.1, 0.15) is 5.03 Å². The molecule has 1 aromatic carbocycles. The van der Waals surface area contributed by atoms with Crippen LogP contribution in [0.2, 0.25) is 0 Å². The molecule has 8 heteroatoms. The number of halogens is 2. The highest BCUT2D eigenvalue weighted by atomic mass is 32.2. The molecule has 0 radical (unpaired) electrons. The Bertz CT molecular complexity index is 882. The van der Waals surface area contributed by atoms with E-state index in [4.69, 9.17) is 0 Å². The summed E-state index contributed by atoms with van der Waals surface area (Å²) in [6.45, 7) is 1.94. The number of nitrogens with zero attached hydrogens (tertiary/aromatic N) is 2. The minimum absolute atomic E-state index is 0.00423. The third kappa shape index (κ3) is 4.40. The number of hydrogen-bond acceptors (Lipinski definition) is 5. The highest BCUT2D eigenvalue weighted by Gasteiger charge is 2.16. The molecule has 128 valence electrons. The van der Waals surface area contributed by atoms with Gasteiger partial charge in [0.2, 0.25) is 0 Å². The van der Waals surface area contributed by atoms with E-state index in [1.54, 1.807) is 23.5 Å². The van der Waals surface area contributed by atoms with E-state index < -0.39 is 11.7 Å². The lowest BCUT2D eigenvalue weighted by atomic mass is 10.1. The van der Waals surface area contributed by atoms with Gasteiger partial charge in [-0.05, 0) is 43.0 Å². The molecule has 4 nitrogen and oxygen atoms in total. The Morgan fingerprint density at radius 1 is 1.24 bits per heavy atom. The predicted molar refractivity (Wildman–Crippen MR) is 96.3 cm³/mol. The first-order valence-electron chi connectivity index (χ1n) is 7.26. The van der Waals surface area contributed by atoms with Gasteiger partial charge in [-0.25, -0.2) is 9.97 Å². The zero-order chi connectivity index (χ0) is 17.8. The second-order valence-electron chi connectivity index (χ2n) is 5.02. The topological polar surface area (TPSA) is 54.9 Å². The lowest BCUT2D eigenvalue weighted by Gasteiger charge is -2.09. The first-order chi connectivity index (χ1) is 12.0. The van der Waals surface area contributed by atoms with E-state index in [1.165, 1.54) is 18.3 Å². The third-order valence-electron chi connectivity index (χ3n) is 3.27. The van der Waals surface area contributed by atoms with Gasteiger partial charge in [0.05, 0.1) is 16.3 Å². The van der Waals surface area contributed by atoms with Crippen LogP contribution in [0.5, 0.6) is 0 Å². The van der Waals surface area contributed by atoms with Gasteiger partial charge < -0.3 is 5.32 Å². The van der Waals surface area contributed by atoms with Crippen molar-refractivity contribution in [1.29, 1.82) is 0 Å². The molecular weight excluding hydrogens is 364 g/mol. The minimum atomic E-state index is -2.64. The van der Waals surface area contributed by atoms with Gasteiger partial charge in [-0.2, -0.15) is 8.78 Å². The van der Waals surface area contributed by atoms with Crippen LogP contribution in [-0.4, -0.2) is 21.6 Å². The number of rotatable bonds is 5. The van der Waals surface area contributed by atoms with E-state index >= 15 is 0 Å². The van der Waals surface area contributed by atoms with Gasteiger partial charge in [0, 0.05) is 22.8 Å². The van der Waals surface area contributed by atoms with Crippen molar-refractivity contribution in [2.45, 2.75) is 17.7 Å². The number of pyridine rings is 1. The molecule has 0 aliphatic heterocycles. The Labute approximate surface area is 151 Å². The number of nitrogens with one attached hydrogen (secondary N) is 1. The molecule has 0 unspecified atom stereocenters. The highest BCUT2D eigenvalue weighted by molar-refractivity contribution is 7.99. The number of thioether (sulfide) groups is 1. The average molecular weight is 377 g/mol. The maximum absolute atomic E-state index is 12.6. The lowest BCUT2D eigenvalue weighted by molar-refractivity contribution is 0.102. The molecule has 1 N–H and O–H groups in total. The fourth-order valence-electron chi connectivity index (χ4n) is 2.16. The lowest BCUT2D eigenvalue weighted by Crippen LogP contribution is -2.13. The number of alkyl halides is 2. The number of aromatic nitrogens is 2. The molecule has 1 amide bonds. The Morgan fingerprint density at radius 2 is 2.00 bits per heavy atom. The Balaban J connectivity index is 1.75. The molecule has 25 heavy (non-hydrogen) atoms. The molecule has 0 aliphatic carbocycles. The summed E-state index contributed by atoms with van der Waals surface area (Å²) in [6, 6.07) is 10.2. The molecule has 0 atom stereocenters. The van der Waals surface area contributed by atoms with Crippen molar-refractivity contribution in [3.8, 4) is 11.3 Å². The van der Waals surface area contributed by atoms with E-state index in [0.717, 1.165) is 16.3 Å². The number of aryl methyl sites for hydroxylation is 1. The van der Waals surface area contributed by atoms with E-state index in [0.29, 0.717) is 5.69 Å². The predicted octanol–water partition coefficient (Wildman–Crippen LogP) is 5.08. The largest absolute Gasteiger partial charge is 0.322 e. The minimum Gasteiger partial charge on any atom is -0.322 e. The van der Waals surface area contributed by atoms with Gasteiger partial charge in [0.15, 0.2) is 0 Å². The van der Waals surface area contributed by atoms with Crippen LogP contribution >= 0.6 is 23.1 Å². The SMILES string of the molecule is Cc1nc(-c2ccc(NC(=O)c3cccnc3SC(F)F)cc2)cs1. The summed E-state index contributed by atoms with van der Waals surface area (Å²) in [5.41, 5.74) is 2.51. The van der Waals surface area contributed by atoms with Crippen molar-refractivity contribution < 1.29 is 13.6 Å². The van der Waals surface area contributed by atoms with Crippen LogP contribution in [0.25, 0.3) is 11.3 Å². The standard InChI is InChI=1S/C17H13F2N3OS2/c1-10-21-14(9-24-10)11-4-6-12(7-5-11)22-15(23)13-3-2-8-20-16(13)25-17(18)19/h2-9,17H,1H3,(H,22,23). The van der Waals surface area contributed by atoms with Crippen molar-refractivity contribution in [3.63, 3.8) is 0 Å². The van der Waals surface area contributed by atoms with Crippen molar-refractivity contribution >= 4 is 34.7 Å². The fraction of sp³-hybridized carbons (Fsp3) is 0.118. The van der Waals surface area contributed by atoms with Gasteiger partial charge >= 0.3 is 0 Å². The Kier molecular flexibility index (Phi) is 5.40. The van der Waals surface area contributed by atoms with E-state index in [-0.39, 0.29) is 22.4 Å².